The smallest absolute Gasteiger partial charge is 0.337 e. The van der Waals surface area contributed by atoms with E-state index in [1.54, 1.807) is 24.3 Å². The third-order valence-electron chi connectivity index (χ3n) is 1.63. The molecule has 0 atom stereocenters. The number of nitriles is 1. The Morgan fingerprint density at radius 1 is 1.47 bits per heavy atom. The Kier molecular flexibility index (Phi) is 6.65. The van der Waals surface area contributed by atoms with Crippen molar-refractivity contribution in [1.82, 2.24) is 0 Å². The summed E-state index contributed by atoms with van der Waals surface area (Å²) >= 11 is 0. The van der Waals surface area contributed by atoms with Gasteiger partial charge in [0.2, 0.25) is 0 Å². The molecule has 1 aromatic carbocycles. The van der Waals surface area contributed by atoms with Gasteiger partial charge in [-0.1, -0.05) is 26.0 Å². The van der Waals surface area contributed by atoms with Crippen LogP contribution in [0, 0.1) is 11.3 Å². The van der Waals surface area contributed by atoms with Gasteiger partial charge >= 0.3 is 5.97 Å². The van der Waals surface area contributed by atoms with Gasteiger partial charge in [0.15, 0.2) is 0 Å². The van der Waals surface area contributed by atoms with Crippen LogP contribution in [0.2, 0.25) is 0 Å². The van der Waals surface area contributed by atoms with Gasteiger partial charge in [0.05, 0.1) is 25.2 Å². The fraction of sp³-hybridized carbons (Fsp3) is 0.333. The molecule has 3 heteroatoms. The van der Waals surface area contributed by atoms with E-state index in [4.69, 9.17) is 5.26 Å². The number of nitrogens with zero attached hydrogens (tertiary/aromatic N) is 1. The van der Waals surface area contributed by atoms with E-state index in [0.29, 0.717) is 12.0 Å². The Hall–Kier alpha value is -1.82. The summed E-state index contributed by atoms with van der Waals surface area (Å²) in [6.45, 7) is 4.00. The van der Waals surface area contributed by atoms with Crippen LogP contribution < -0.4 is 0 Å². The maximum Gasteiger partial charge on any atom is 0.337 e. The van der Waals surface area contributed by atoms with Crippen molar-refractivity contribution < 1.29 is 9.53 Å². The Balaban J connectivity index is 0.000000921. The second kappa shape index (κ2) is 7.57. The van der Waals surface area contributed by atoms with Crippen molar-refractivity contribution in [2.24, 2.45) is 0 Å². The Morgan fingerprint density at radius 3 is 2.67 bits per heavy atom. The van der Waals surface area contributed by atoms with Crippen LogP contribution in [0.3, 0.4) is 0 Å². The maximum atomic E-state index is 11.1. The van der Waals surface area contributed by atoms with Gasteiger partial charge in [-0.05, 0) is 17.7 Å². The van der Waals surface area contributed by atoms with E-state index >= 15 is 0 Å². The lowest BCUT2D eigenvalue weighted by Crippen LogP contribution is -2.01. The molecule has 15 heavy (non-hydrogen) atoms. The predicted molar refractivity (Wildman–Crippen MR) is 58.4 cm³/mol. The molecule has 3 nitrogen and oxygen atoms in total. The summed E-state index contributed by atoms with van der Waals surface area (Å²) in [5, 5.41) is 8.44. The highest BCUT2D eigenvalue weighted by atomic mass is 16.5. The summed E-state index contributed by atoms with van der Waals surface area (Å²) in [4.78, 5) is 11.1. The molecule has 1 aromatic rings. The van der Waals surface area contributed by atoms with Crippen LogP contribution in [0.1, 0.15) is 29.8 Å². The third-order valence-corrected chi connectivity index (χ3v) is 1.63. The van der Waals surface area contributed by atoms with Gasteiger partial charge in [0.25, 0.3) is 0 Å². The lowest BCUT2D eigenvalue weighted by Gasteiger charge is -1.99. The van der Waals surface area contributed by atoms with Gasteiger partial charge in [0.1, 0.15) is 0 Å². The second-order valence-electron chi connectivity index (χ2n) is 2.53. The molecule has 0 aliphatic carbocycles. The number of hydrogen-bond acceptors (Lipinski definition) is 3. The van der Waals surface area contributed by atoms with E-state index in [-0.39, 0.29) is 5.97 Å². The molecule has 0 unspecified atom stereocenters. The highest BCUT2D eigenvalue weighted by molar-refractivity contribution is 5.89. The first kappa shape index (κ1) is 13.2. The standard InChI is InChI=1S/C10H9NO2.C2H6/c1-13-10(12)9-4-2-3-8(7-9)5-6-11;1-2/h2-4,7H,5H2,1H3;1-2H3. The SMILES string of the molecule is CC.COC(=O)c1cccc(CC#N)c1. The van der Waals surface area contributed by atoms with Crippen LogP contribution >= 0.6 is 0 Å². The number of carbonyl (C=O) groups is 1. The van der Waals surface area contributed by atoms with Crippen LogP contribution in [-0.2, 0) is 11.2 Å². The third kappa shape index (κ3) is 4.28. The van der Waals surface area contributed by atoms with Gasteiger partial charge in [-0.25, -0.2) is 4.79 Å². The average Bonchev–Trinajstić information content (AvgIpc) is 2.31. The van der Waals surface area contributed by atoms with E-state index < -0.39 is 0 Å². The lowest BCUT2D eigenvalue weighted by atomic mass is 10.1. The second-order valence-corrected chi connectivity index (χ2v) is 2.53. The predicted octanol–water partition coefficient (Wildman–Crippen LogP) is 2.57. The number of esters is 1. The summed E-state index contributed by atoms with van der Waals surface area (Å²) in [5.41, 5.74) is 1.31. The molecule has 80 valence electrons. The van der Waals surface area contributed by atoms with Crippen molar-refractivity contribution in [3.05, 3.63) is 35.4 Å². The topological polar surface area (TPSA) is 50.1 Å². The molecular formula is C12H15NO2. The van der Waals surface area contributed by atoms with Crippen LogP contribution in [0.25, 0.3) is 0 Å². The van der Waals surface area contributed by atoms with E-state index in [1.165, 1.54) is 7.11 Å². The number of hydrogen-bond donors (Lipinski definition) is 0. The van der Waals surface area contributed by atoms with Gasteiger partial charge in [-0.2, -0.15) is 5.26 Å². The number of carbonyl (C=O) groups excluding carboxylic acids is 1. The van der Waals surface area contributed by atoms with E-state index in [2.05, 4.69) is 4.74 Å². The molecule has 0 saturated heterocycles. The molecule has 0 radical (unpaired) electrons. The molecule has 0 bridgehead atoms. The van der Waals surface area contributed by atoms with Gasteiger partial charge < -0.3 is 4.74 Å². The first-order chi connectivity index (χ1) is 7.27. The molecule has 0 fully saturated rings. The van der Waals surface area contributed by atoms with Crippen molar-refractivity contribution in [3.63, 3.8) is 0 Å². The van der Waals surface area contributed by atoms with Crippen molar-refractivity contribution in [2.45, 2.75) is 20.3 Å². The monoisotopic (exact) mass is 205 g/mol. The summed E-state index contributed by atoms with van der Waals surface area (Å²) in [5.74, 6) is -0.375. The normalized spacial score (nSPS) is 8.13. The van der Waals surface area contributed by atoms with Crippen LogP contribution in [-0.4, -0.2) is 13.1 Å². The summed E-state index contributed by atoms with van der Waals surface area (Å²) < 4.78 is 4.55. The molecule has 0 aliphatic heterocycles. The number of rotatable bonds is 2. The summed E-state index contributed by atoms with van der Waals surface area (Å²) in [7, 11) is 1.33. The molecule has 0 N–H and O–H groups in total. The summed E-state index contributed by atoms with van der Waals surface area (Å²) in [6, 6.07) is 8.87. The van der Waals surface area contributed by atoms with E-state index in [1.807, 2.05) is 19.9 Å². The molecular weight excluding hydrogens is 190 g/mol. The Bertz CT molecular complexity index is 353. The minimum atomic E-state index is -0.375. The van der Waals surface area contributed by atoms with Crippen molar-refractivity contribution in [3.8, 4) is 6.07 Å². The number of ether oxygens (including phenoxy) is 1. The lowest BCUT2D eigenvalue weighted by molar-refractivity contribution is 0.0600. The fourth-order valence-electron chi connectivity index (χ4n) is 1.02. The first-order valence-corrected chi connectivity index (χ1v) is 4.82. The minimum Gasteiger partial charge on any atom is -0.465 e. The van der Waals surface area contributed by atoms with Crippen molar-refractivity contribution in [2.75, 3.05) is 7.11 Å². The molecule has 0 saturated carbocycles. The Morgan fingerprint density at radius 2 is 2.13 bits per heavy atom. The van der Waals surface area contributed by atoms with Crippen molar-refractivity contribution in [1.29, 1.82) is 5.26 Å². The molecule has 0 heterocycles. The molecule has 0 amide bonds. The largest absolute Gasteiger partial charge is 0.465 e. The fourth-order valence-corrected chi connectivity index (χ4v) is 1.02. The molecule has 1 rings (SSSR count). The number of methoxy groups -OCH3 is 1. The zero-order valence-electron chi connectivity index (χ0n) is 9.28. The minimum absolute atomic E-state index is 0.310. The van der Waals surface area contributed by atoms with Gasteiger partial charge in [-0.3, -0.25) is 0 Å². The van der Waals surface area contributed by atoms with Crippen LogP contribution in [0.4, 0.5) is 0 Å². The zero-order valence-corrected chi connectivity index (χ0v) is 9.28. The molecule has 0 spiro atoms. The number of benzene rings is 1. The van der Waals surface area contributed by atoms with E-state index in [0.717, 1.165) is 5.56 Å². The summed E-state index contributed by atoms with van der Waals surface area (Å²) in [6.07, 6.45) is 0.310. The van der Waals surface area contributed by atoms with E-state index in [9.17, 15) is 4.79 Å². The highest BCUT2D eigenvalue weighted by Crippen LogP contribution is 2.06. The Labute approximate surface area is 90.3 Å². The first-order valence-electron chi connectivity index (χ1n) is 4.82. The maximum absolute atomic E-state index is 11.1. The van der Waals surface area contributed by atoms with Crippen LogP contribution in [0.15, 0.2) is 24.3 Å². The molecule has 0 aromatic heterocycles. The van der Waals surface area contributed by atoms with Gasteiger partial charge in [-0.15, -0.1) is 0 Å². The molecule has 0 aliphatic rings. The zero-order chi connectivity index (χ0) is 11.7. The average molecular weight is 205 g/mol. The quantitative estimate of drug-likeness (QED) is 0.697. The van der Waals surface area contributed by atoms with Crippen LogP contribution in [0.5, 0.6) is 0 Å². The highest BCUT2D eigenvalue weighted by Gasteiger charge is 2.04. The van der Waals surface area contributed by atoms with Crippen molar-refractivity contribution >= 4 is 5.97 Å². The van der Waals surface area contributed by atoms with Gasteiger partial charge in [0, 0.05) is 0 Å².